The molecular formula is C28H28Cl2N2O8S2. The third-order valence-electron chi connectivity index (χ3n) is 6.84. The molecule has 0 saturated carbocycles. The lowest BCUT2D eigenvalue weighted by Gasteiger charge is -2.26. The molecule has 2 aliphatic rings. The Morgan fingerprint density at radius 1 is 0.714 bits per heavy atom. The predicted molar refractivity (Wildman–Crippen MR) is 164 cm³/mol. The lowest BCUT2D eigenvalue weighted by molar-refractivity contribution is 0.0304. The Morgan fingerprint density at radius 2 is 1.12 bits per heavy atom. The number of thiophene rings is 2. The summed E-state index contributed by atoms with van der Waals surface area (Å²) in [6.07, 6.45) is 0. The number of nitrogens with zero attached hydrogens (tertiary/aromatic N) is 2. The number of morpholine rings is 2. The summed E-state index contributed by atoms with van der Waals surface area (Å²) in [5.41, 5.74) is 0. The maximum absolute atomic E-state index is 12.6. The van der Waals surface area contributed by atoms with E-state index in [0.29, 0.717) is 94.0 Å². The molecule has 10 nitrogen and oxygen atoms in total. The number of benzene rings is 2. The number of carbonyl (C=O) groups excluding carboxylic acids is 2. The zero-order valence-corrected chi connectivity index (χ0v) is 25.9. The van der Waals surface area contributed by atoms with Gasteiger partial charge in [-0.15, -0.1) is 22.7 Å². The molecule has 0 unspecified atom stereocenters. The summed E-state index contributed by atoms with van der Waals surface area (Å²) < 4.78 is 22.7. The maximum Gasteiger partial charge on any atom is 0.265 e. The van der Waals surface area contributed by atoms with E-state index >= 15 is 0 Å². The highest BCUT2D eigenvalue weighted by Gasteiger charge is 2.26. The van der Waals surface area contributed by atoms with Crippen LogP contribution in [0.15, 0.2) is 24.3 Å². The second-order valence-corrected chi connectivity index (χ2v) is 12.2. The number of aromatic hydroxyl groups is 2. The molecule has 0 aliphatic carbocycles. The summed E-state index contributed by atoms with van der Waals surface area (Å²) in [7, 11) is 3.16. The van der Waals surface area contributed by atoms with E-state index in [4.69, 9.17) is 42.1 Å². The molecule has 2 aromatic heterocycles. The van der Waals surface area contributed by atoms with E-state index in [0.717, 1.165) is 10.1 Å². The van der Waals surface area contributed by atoms with Crippen molar-refractivity contribution < 1.29 is 38.7 Å². The Balaban J connectivity index is 0.000000169. The first-order chi connectivity index (χ1) is 20.2. The molecule has 42 heavy (non-hydrogen) atoms. The number of hydrogen-bond donors (Lipinski definition) is 2. The van der Waals surface area contributed by atoms with E-state index in [-0.39, 0.29) is 23.3 Å². The van der Waals surface area contributed by atoms with Crippen molar-refractivity contribution in [2.45, 2.75) is 0 Å². The van der Waals surface area contributed by atoms with Crippen LogP contribution >= 0.6 is 45.9 Å². The molecule has 2 fully saturated rings. The molecule has 4 aromatic rings. The van der Waals surface area contributed by atoms with E-state index in [9.17, 15) is 19.8 Å². The molecule has 2 aliphatic heterocycles. The van der Waals surface area contributed by atoms with Gasteiger partial charge in [-0.2, -0.15) is 0 Å². The molecule has 0 spiro atoms. The van der Waals surface area contributed by atoms with Crippen molar-refractivity contribution in [3.8, 4) is 23.0 Å². The number of methoxy groups -OCH3 is 2. The fraction of sp³-hybridized carbons (Fsp3) is 0.357. The first kappa shape index (κ1) is 30.5. The quantitative estimate of drug-likeness (QED) is 0.278. The molecule has 2 aromatic carbocycles. The summed E-state index contributed by atoms with van der Waals surface area (Å²) in [5.74, 6) is 0.563. The van der Waals surface area contributed by atoms with Gasteiger partial charge in [0, 0.05) is 58.5 Å². The van der Waals surface area contributed by atoms with Crippen molar-refractivity contribution in [1.82, 2.24) is 9.80 Å². The molecule has 2 saturated heterocycles. The minimum Gasteiger partial charge on any atom is -0.504 e. The van der Waals surface area contributed by atoms with Crippen LogP contribution in [0.25, 0.3) is 20.2 Å². The Bertz CT molecular complexity index is 1630. The zero-order chi connectivity index (χ0) is 30.0. The van der Waals surface area contributed by atoms with Crippen LogP contribution in [-0.4, -0.2) is 98.7 Å². The molecule has 2 amide bonds. The standard InChI is InChI=1S/C15H16ClNO4S.C13H12ClNO4S/c1-19-10-7-9-12(8-11(10)20-2)22-14(13(9)16)15(18)17-3-5-21-6-4-17;14-11-7-5-8(16)9(17)6-10(7)20-12(11)13(18)15-1-3-19-4-2-15/h7-8H,3-6H2,1-2H3;5-6,16-17H,1-4H2. The lowest BCUT2D eigenvalue weighted by atomic mass is 10.2. The average molecular weight is 656 g/mol. The highest BCUT2D eigenvalue weighted by atomic mass is 35.5. The summed E-state index contributed by atoms with van der Waals surface area (Å²) in [5, 5.41) is 21.2. The number of hydrogen-bond acceptors (Lipinski definition) is 10. The topological polar surface area (TPSA) is 118 Å². The Labute approximate surface area is 259 Å². The van der Waals surface area contributed by atoms with E-state index in [2.05, 4.69) is 0 Å². The van der Waals surface area contributed by atoms with Crippen LogP contribution < -0.4 is 9.47 Å². The van der Waals surface area contributed by atoms with E-state index in [1.807, 2.05) is 12.1 Å². The van der Waals surface area contributed by atoms with Crippen LogP contribution in [0.4, 0.5) is 0 Å². The Kier molecular flexibility index (Phi) is 9.50. The van der Waals surface area contributed by atoms with Crippen molar-refractivity contribution in [1.29, 1.82) is 0 Å². The second kappa shape index (κ2) is 13.1. The van der Waals surface area contributed by atoms with Gasteiger partial charge in [0.15, 0.2) is 23.0 Å². The summed E-state index contributed by atoms with van der Waals surface area (Å²) in [6.45, 7) is 4.45. The van der Waals surface area contributed by atoms with Gasteiger partial charge >= 0.3 is 0 Å². The summed E-state index contributed by atoms with van der Waals surface area (Å²) in [6, 6.07) is 6.45. The highest BCUT2D eigenvalue weighted by Crippen LogP contribution is 2.43. The largest absolute Gasteiger partial charge is 0.504 e. The molecule has 4 heterocycles. The van der Waals surface area contributed by atoms with Crippen LogP contribution in [0.5, 0.6) is 23.0 Å². The van der Waals surface area contributed by atoms with Gasteiger partial charge in [-0.1, -0.05) is 23.2 Å². The normalized spacial score (nSPS) is 15.4. The zero-order valence-electron chi connectivity index (χ0n) is 22.8. The molecular weight excluding hydrogens is 627 g/mol. The van der Waals surface area contributed by atoms with Gasteiger partial charge in [0.2, 0.25) is 0 Å². The second-order valence-electron chi connectivity index (χ2n) is 9.34. The molecule has 0 radical (unpaired) electrons. The van der Waals surface area contributed by atoms with Crippen molar-refractivity contribution in [2.75, 3.05) is 66.8 Å². The number of fused-ring (bicyclic) bond motifs is 2. The molecule has 0 bridgehead atoms. The number of ether oxygens (including phenoxy) is 4. The van der Waals surface area contributed by atoms with Crippen molar-refractivity contribution in [2.24, 2.45) is 0 Å². The molecule has 224 valence electrons. The van der Waals surface area contributed by atoms with Gasteiger partial charge in [-0.05, 0) is 12.1 Å². The van der Waals surface area contributed by atoms with Crippen LogP contribution in [0.3, 0.4) is 0 Å². The van der Waals surface area contributed by atoms with Gasteiger partial charge in [-0.3, -0.25) is 9.59 Å². The van der Waals surface area contributed by atoms with Crippen LogP contribution in [-0.2, 0) is 9.47 Å². The SMILES string of the molecule is COc1cc2sc(C(=O)N3CCOCC3)c(Cl)c2cc1OC.O=C(c1sc2cc(O)c(O)cc2c1Cl)N1CCOCC1. The monoisotopic (exact) mass is 654 g/mol. The molecule has 2 N–H and O–H groups in total. The maximum atomic E-state index is 12.6. The third-order valence-corrected chi connectivity index (χ3v) is 10.1. The van der Waals surface area contributed by atoms with Crippen LogP contribution in [0.2, 0.25) is 10.0 Å². The first-order valence-electron chi connectivity index (χ1n) is 13.0. The molecule has 0 atom stereocenters. The Morgan fingerprint density at radius 3 is 1.60 bits per heavy atom. The lowest BCUT2D eigenvalue weighted by Crippen LogP contribution is -2.40. The van der Waals surface area contributed by atoms with Crippen LogP contribution in [0, 0.1) is 0 Å². The highest BCUT2D eigenvalue weighted by molar-refractivity contribution is 7.22. The number of rotatable bonds is 4. The van der Waals surface area contributed by atoms with Gasteiger partial charge in [0.05, 0.1) is 50.7 Å². The molecule has 14 heteroatoms. The van der Waals surface area contributed by atoms with E-state index in [1.54, 1.807) is 24.0 Å². The first-order valence-corrected chi connectivity index (χ1v) is 15.3. The van der Waals surface area contributed by atoms with Gasteiger partial charge in [0.1, 0.15) is 9.75 Å². The number of amides is 2. The van der Waals surface area contributed by atoms with Crippen molar-refractivity contribution in [3.05, 3.63) is 44.1 Å². The minimum atomic E-state index is -0.248. The summed E-state index contributed by atoms with van der Waals surface area (Å²) in [4.78, 5) is 29.5. The van der Waals surface area contributed by atoms with Gasteiger partial charge in [-0.25, -0.2) is 0 Å². The third kappa shape index (κ3) is 6.05. The van der Waals surface area contributed by atoms with E-state index in [1.165, 1.54) is 34.8 Å². The predicted octanol–water partition coefficient (Wildman–Crippen LogP) is 5.48. The molecule has 6 rings (SSSR count). The van der Waals surface area contributed by atoms with Crippen LogP contribution in [0.1, 0.15) is 19.3 Å². The fourth-order valence-corrected chi connectivity index (χ4v) is 7.55. The smallest absolute Gasteiger partial charge is 0.265 e. The number of carbonyl (C=O) groups is 2. The van der Waals surface area contributed by atoms with Crippen molar-refractivity contribution >= 4 is 77.9 Å². The van der Waals surface area contributed by atoms with Crippen molar-refractivity contribution in [3.63, 3.8) is 0 Å². The average Bonchev–Trinajstić information content (AvgIpc) is 3.52. The number of phenolic OH excluding ortho intramolecular Hbond substituents is 2. The fourth-order valence-electron chi connectivity index (χ4n) is 4.58. The Hall–Kier alpha value is -3.00. The van der Waals surface area contributed by atoms with E-state index < -0.39 is 0 Å². The minimum absolute atomic E-state index is 0.0487. The number of halogens is 2. The number of phenols is 2. The van der Waals surface area contributed by atoms with Gasteiger partial charge < -0.3 is 39.0 Å². The summed E-state index contributed by atoms with van der Waals surface area (Å²) >= 11 is 15.3. The van der Waals surface area contributed by atoms with Gasteiger partial charge in [0.25, 0.3) is 11.8 Å².